The first-order valence-corrected chi connectivity index (χ1v) is 4.92. The number of halogens is 3. The molecule has 0 aliphatic carbocycles. The molecule has 0 saturated carbocycles. The maximum atomic E-state index is 13.0. The molecule has 0 bridgehead atoms. The molecule has 5 heteroatoms. The summed E-state index contributed by atoms with van der Waals surface area (Å²) in [4.78, 5) is 4.10. The summed E-state index contributed by atoms with van der Waals surface area (Å²) in [5.74, 6) is 0.0141. The van der Waals surface area contributed by atoms with Crippen molar-refractivity contribution in [3.05, 3.63) is 34.4 Å². The van der Waals surface area contributed by atoms with Crippen LogP contribution in [0.2, 0.25) is 0 Å². The molecule has 0 saturated heterocycles. The van der Waals surface area contributed by atoms with Crippen molar-refractivity contribution in [3.8, 4) is 0 Å². The Morgan fingerprint density at radius 1 is 1.54 bits per heavy atom. The minimum absolute atomic E-state index is 0.320. The van der Waals surface area contributed by atoms with Crippen molar-refractivity contribution in [2.24, 2.45) is 0 Å². The molecular weight excluding hydrogens is 258 g/mol. The third kappa shape index (κ3) is 1.56. The summed E-state index contributed by atoms with van der Waals surface area (Å²) in [7, 11) is 0. The van der Waals surface area contributed by atoms with E-state index in [2.05, 4.69) is 20.9 Å². The summed E-state index contributed by atoms with van der Waals surface area (Å²) >= 11 is 8.69. The number of rotatable bonds is 1. The van der Waals surface area contributed by atoms with E-state index in [-0.39, 0.29) is 5.82 Å². The molecule has 0 spiro atoms. The minimum atomic E-state index is -0.320. The van der Waals surface area contributed by atoms with E-state index in [0.717, 1.165) is 5.69 Å². The molecule has 0 aliphatic rings. The third-order valence-electron chi connectivity index (χ3n) is 1.68. The Labute approximate surface area is 87.5 Å². The topological polar surface area (TPSA) is 17.3 Å². The van der Waals surface area contributed by atoms with E-state index < -0.39 is 0 Å². The monoisotopic (exact) mass is 262 g/mol. The van der Waals surface area contributed by atoms with E-state index in [4.69, 9.17) is 11.6 Å². The average molecular weight is 263 g/mol. The van der Waals surface area contributed by atoms with Gasteiger partial charge in [-0.15, -0.1) is 11.6 Å². The van der Waals surface area contributed by atoms with Gasteiger partial charge in [0, 0.05) is 18.5 Å². The van der Waals surface area contributed by atoms with Gasteiger partial charge in [0.25, 0.3) is 0 Å². The van der Waals surface area contributed by atoms with E-state index in [9.17, 15) is 4.39 Å². The molecule has 2 heterocycles. The van der Waals surface area contributed by atoms with Gasteiger partial charge in [-0.05, 0) is 15.9 Å². The van der Waals surface area contributed by atoms with E-state index >= 15 is 0 Å². The zero-order valence-corrected chi connectivity index (χ0v) is 8.81. The van der Waals surface area contributed by atoms with Crippen LogP contribution in [0.15, 0.2) is 22.9 Å². The minimum Gasteiger partial charge on any atom is -0.305 e. The predicted octanol–water partition coefficient (Wildman–Crippen LogP) is 2.97. The molecule has 0 N–H and O–H groups in total. The molecule has 2 nitrogen and oxygen atoms in total. The zero-order valence-electron chi connectivity index (χ0n) is 6.47. The lowest BCUT2D eigenvalue weighted by atomic mass is 10.4. The fourth-order valence-electron chi connectivity index (χ4n) is 1.10. The van der Waals surface area contributed by atoms with Gasteiger partial charge in [-0.3, -0.25) is 0 Å². The first-order chi connectivity index (χ1) is 6.20. The van der Waals surface area contributed by atoms with E-state index in [0.29, 0.717) is 16.0 Å². The Morgan fingerprint density at radius 3 is 3.00 bits per heavy atom. The van der Waals surface area contributed by atoms with Crippen LogP contribution < -0.4 is 0 Å². The summed E-state index contributed by atoms with van der Waals surface area (Å²) in [5.41, 5.74) is 1.30. The molecule has 0 amide bonds. The van der Waals surface area contributed by atoms with Gasteiger partial charge in [-0.2, -0.15) is 0 Å². The Morgan fingerprint density at radius 2 is 2.31 bits per heavy atom. The van der Waals surface area contributed by atoms with Gasteiger partial charge < -0.3 is 4.40 Å². The summed E-state index contributed by atoms with van der Waals surface area (Å²) in [6, 6.07) is 1.36. The van der Waals surface area contributed by atoms with E-state index in [1.54, 1.807) is 16.8 Å². The molecule has 0 radical (unpaired) electrons. The second-order valence-corrected chi connectivity index (χ2v) is 3.72. The highest BCUT2D eigenvalue weighted by Crippen LogP contribution is 2.17. The quantitative estimate of drug-likeness (QED) is 0.723. The highest BCUT2D eigenvalue weighted by atomic mass is 79.9. The number of pyridine rings is 1. The first kappa shape index (κ1) is 8.97. The third-order valence-corrected chi connectivity index (χ3v) is 2.54. The van der Waals surface area contributed by atoms with Gasteiger partial charge in [0.1, 0.15) is 11.5 Å². The normalized spacial score (nSPS) is 11.0. The molecule has 2 aromatic heterocycles. The first-order valence-electron chi connectivity index (χ1n) is 3.59. The Hall–Kier alpha value is -0.610. The van der Waals surface area contributed by atoms with Crippen LogP contribution in [0.4, 0.5) is 4.39 Å². The lowest BCUT2D eigenvalue weighted by Crippen LogP contribution is -1.85. The van der Waals surface area contributed by atoms with Crippen LogP contribution in [0, 0.1) is 5.82 Å². The van der Waals surface area contributed by atoms with Gasteiger partial charge >= 0.3 is 0 Å². The van der Waals surface area contributed by atoms with Crippen molar-refractivity contribution in [1.29, 1.82) is 0 Å². The number of hydrogen-bond acceptors (Lipinski definition) is 1. The van der Waals surface area contributed by atoms with Crippen LogP contribution in [-0.4, -0.2) is 9.38 Å². The summed E-state index contributed by atoms with van der Waals surface area (Å²) < 4.78 is 15.2. The molecule has 2 rings (SSSR count). The maximum absolute atomic E-state index is 13.0. The van der Waals surface area contributed by atoms with Crippen LogP contribution >= 0.6 is 27.5 Å². The second kappa shape index (κ2) is 3.27. The highest BCUT2D eigenvalue weighted by molar-refractivity contribution is 9.10. The second-order valence-electron chi connectivity index (χ2n) is 2.60. The molecule has 0 aliphatic heterocycles. The molecule has 68 valence electrons. The predicted molar refractivity (Wildman–Crippen MR) is 52.4 cm³/mol. The Bertz CT molecular complexity index is 416. The SMILES string of the molecule is Fc1cc2nc(CCl)cn2cc1Br. The number of nitrogens with zero attached hydrogens (tertiary/aromatic N) is 2. The maximum Gasteiger partial charge on any atom is 0.142 e. The fraction of sp³-hybridized carbons (Fsp3) is 0.125. The van der Waals surface area contributed by atoms with Crippen molar-refractivity contribution in [2.75, 3.05) is 0 Å². The smallest absolute Gasteiger partial charge is 0.142 e. The van der Waals surface area contributed by atoms with Crippen molar-refractivity contribution in [3.63, 3.8) is 0 Å². The van der Waals surface area contributed by atoms with Gasteiger partial charge in [0.05, 0.1) is 16.0 Å². The number of aromatic nitrogens is 2. The summed E-state index contributed by atoms with van der Waals surface area (Å²) in [5, 5.41) is 0. The number of fused-ring (bicyclic) bond motifs is 1. The van der Waals surface area contributed by atoms with Gasteiger partial charge in [-0.25, -0.2) is 9.37 Å². The Kier molecular flexibility index (Phi) is 2.26. The molecule has 13 heavy (non-hydrogen) atoms. The van der Waals surface area contributed by atoms with Gasteiger partial charge in [0.2, 0.25) is 0 Å². The number of imidazole rings is 1. The molecular formula is C8H5BrClFN2. The fourth-order valence-corrected chi connectivity index (χ4v) is 1.56. The van der Waals surface area contributed by atoms with E-state index in [1.807, 2.05) is 0 Å². The van der Waals surface area contributed by atoms with Crippen LogP contribution in [0.25, 0.3) is 5.65 Å². The van der Waals surface area contributed by atoms with Crippen LogP contribution in [0.3, 0.4) is 0 Å². The van der Waals surface area contributed by atoms with Gasteiger partial charge in [-0.1, -0.05) is 0 Å². The van der Waals surface area contributed by atoms with Gasteiger partial charge in [0.15, 0.2) is 0 Å². The summed E-state index contributed by atoms with van der Waals surface area (Å²) in [6.07, 6.45) is 3.39. The van der Waals surface area contributed by atoms with Crippen LogP contribution in [0.5, 0.6) is 0 Å². The highest BCUT2D eigenvalue weighted by Gasteiger charge is 2.04. The largest absolute Gasteiger partial charge is 0.305 e. The van der Waals surface area contributed by atoms with Crippen molar-refractivity contribution >= 4 is 33.2 Å². The van der Waals surface area contributed by atoms with Crippen LogP contribution in [-0.2, 0) is 5.88 Å². The molecule has 0 unspecified atom stereocenters. The zero-order chi connectivity index (χ0) is 9.42. The lowest BCUT2D eigenvalue weighted by Gasteiger charge is -1.95. The Balaban J connectivity index is 2.70. The molecule has 0 fully saturated rings. The van der Waals surface area contributed by atoms with Crippen LogP contribution in [0.1, 0.15) is 5.69 Å². The molecule has 0 aromatic carbocycles. The molecule has 0 atom stereocenters. The van der Waals surface area contributed by atoms with E-state index in [1.165, 1.54) is 6.07 Å². The number of hydrogen-bond donors (Lipinski definition) is 0. The van der Waals surface area contributed by atoms with Crippen molar-refractivity contribution in [2.45, 2.75) is 5.88 Å². The molecule has 2 aromatic rings. The average Bonchev–Trinajstić information content (AvgIpc) is 2.48. The number of alkyl halides is 1. The van der Waals surface area contributed by atoms with Crippen molar-refractivity contribution < 1.29 is 4.39 Å². The summed E-state index contributed by atoms with van der Waals surface area (Å²) in [6.45, 7) is 0. The van der Waals surface area contributed by atoms with Crippen molar-refractivity contribution in [1.82, 2.24) is 9.38 Å². The standard InChI is InChI=1S/C8H5BrClFN2/c9-6-4-13-3-5(2-10)12-8(13)1-7(6)11/h1,3-4H,2H2. The lowest BCUT2D eigenvalue weighted by molar-refractivity contribution is 0.619.